The fraction of sp³-hybridized carbons (Fsp3) is 0. The van der Waals surface area contributed by atoms with Crippen LogP contribution in [0.1, 0.15) is 0 Å². The normalized spacial score (nSPS) is 11.7. The van der Waals surface area contributed by atoms with Crippen molar-refractivity contribution < 1.29 is 4.42 Å². The number of hydrogen-bond acceptors (Lipinski definition) is 3. The van der Waals surface area contributed by atoms with Crippen LogP contribution in [0.4, 0.5) is 0 Å². The highest BCUT2D eigenvalue weighted by Crippen LogP contribution is 2.47. The molecule has 11 aromatic rings. The Morgan fingerprint density at radius 2 is 1.07 bits per heavy atom. The molecule has 0 saturated carbocycles. The van der Waals surface area contributed by atoms with Crippen molar-refractivity contribution in [2.24, 2.45) is 0 Å². The third-order valence-electron chi connectivity index (χ3n) is 10.7. The van der Waals surface area contributed by atoms with Gasteiger partial charge >= 0.3 is 0 Å². The van der Waals surface area contributed by atoms with Crippen LogP contribution in [0.2, 0.25) is 0 Å². The molecule has 3 aromatic heterocycles. The first-order valence-electron chi connectivity index (χ1n) is 18.2. The number of aromatic nitrogens is 3. The molecule has 0 aliphatic heterocycles. The van der Waals surface area contributed by atoms with Gasteiger partial charge in [-0.25, -0.2) is 4.98 Å². The quantitative estimate of drug-likeness (QED) is 0.169. The molecule has 54 heavy (non-hydrogen) atoms. The van der Waals surface area contributed by atoms with Gasteiger partial charge in [0.15, 0.2) is 0 Å². The minimum Gasteiger partial charge on any atom is -0.455 e. The fourth-order valence-electron chi connectivity index (χ4n) is 8.26. The molecule has 0 N–H and O–H groups in total. The van der Waals surface area contributed by atoms with Crippen molar-refractivity contribution in [3.8, 4) is 50.6 Å². The average molecular weight is 690 g/mol. The summed E-state index contributed by atoms with van der Waals surface area (Å²) in [6.45, 7) is 0. The van der Waals surface area contributed by atoms with E-state index in [0.717, 1.165) is 72.4 Å². The van der Waals surface area contributed by atoms with E-state index < -0.39 is 0 Å². The summed E-state index contributed by atoms with van der Waals surface area (Å²) < 4.78 is 8.98. The highest BCUT2D eigenvalue weighted by Gasteiger charge is 2.21. The number of rotatable bonds is 5. The monoisotopic (exact) mass is 689 g/mol. The lowest BCUT2D eigenvalue weighted by atomic mass is 9.85. The maximum absolute atomic E-state index is 6.73. The SMILES string of the molecule is c1ccc(-n2c(-c3ccc(-c4c5ccccc5c(-c5cccc6c5oc5ccc(-c7ccccn7)cc56)c5ccccc45)cc3)nc3ccccc32)cc1. The van der Waals surface area contributed by atoms with Crippen molar-refractivity contribution in [1.29, 1.82) is 0 Å². The Morgan fingerprint density at radius 1 is 0.444 bits per heavy atom. The predicted octanol–water partition coefficient (Wildman–Crippen LogP) is 13.3. The smallest absolute Gasteiger partial charge is 0.145 e. The zero-order valence-corrected chi connectivity index (χ0v) is 29.1. The van der Waals surface area contributed by atoms with E-state index in [2.05, 4.69) is 161 Å². The first-order chi connectivity index (χ1) is 26.8. The van der Waals surface area contributed by atoms with Gasteiger partial charge in [-0.05, 0) is 87.3 Å². The van der Waals surface area contributed by atoms with Crippen LogP contribution in [0.25, 0.3) is 105 Å². The summed E-state index contributed by atoms with van der Waals surface area (Å²) in [5.41, 5.74) is 12.6. The van der Waals surface area contributed by atoms with E-state index in [1.807, 2.05) is 36.5 Å². The summed E-state index contributed by atoms with van der Waals surface area (Å²) in [5.74, 6) is 0.921. The van der Waals surface area contributed by atoms with E-state index in [9.17, 15) is 0 Å². The minimum atomic E-state index is 0.864. The second-order valence-electron chi connectivity index (χ2n) is 13.7. The molecular weight excluding hydrogens is 659 g/mol. The molecule has 8 aromatic carbocycles. The highest BCUT2D eigenvalue weighted by atomic mass is 16.3. The average Bonchev–Trinajstić information content (AvgIpc) is 3.82. The van der Waals surface area contributed by atoms with Crippen molar-refractivity contribution in [3.05, 3.63) is 188 Å². The molecule has 4 heteroatoms. The van der Waals surface area contributed by atoms with Crippen LogP contribution in [0, 0.1) is 0 Å². The molecule has 3 heterocycles. The standard InChI is InChI=1S/C50H31N3O/c1-2-13-35(14-3-1)53-45-23-9-8-22-44(45)52-50(53)33-26-24-32(25-27-33)47-36-15-4-6-17-38(36)48(39-18-7-5-16-37(39)47)41-20-12-19-40-42-31-34(43-21-10-11-30-51-43)28-29-46(42)54-49(40)41/h1-31H. The Morgan fingerprint density at radius 3 is 1.81 bits per heavy atom. The lowest BCUT2D eigenvalue weighted by Gasteiger charge is -2.18. The van der Waals surface area contributed by atoms with Gasteiger partial charge < -0.3 is 4.42 Å². The molecule has 0 amide bonds. The molecule has 0 bridgehead atoms. The lowest BCUT2D eigenvalue weighted by molar-refractivity contribution is 0.670. The summed E-state index contributed by atoms with van der Waals surface area (Å²) >= 11 is 0. The minimum absolute atomic E-state index is 0.864. The Bertz CT molecular complexity index is 3140. The molecule has 11 rings (SSSR count). The van der Waals surface area contributed by atoms with Crippen molar-refractivity contribution in [3.63, 3.8) is 0 Å². The topological polar surface area (TPSA) is 43.9 Å². The van der Waals surface area contributed by atoms with E-state index in [-0.39, 0.29) is 0 Å². The van der Waals surface area contributed by atoms with Gasteiger partial charge in [0.2, 0.25) is 0 Å². The van der Waals surface area contributed by atoms with Crippen molar-refractivity contribution in [2.75, 3.05) is 0 Å². The lowest BCUT2D eigenvalue weighted by Crippen LogP contribution is -1.97. The summed E-state index contributed by atoms with van der Waals surface area (Å²) in [6.07, 6.45) is 1.84. The van der Waals surface area contributed by atoms with Gasteiger partial charge in [0.05, 0.1) is 16.7 Å². The third-order valence-corrected chi connectivity index (χ3v) is 10.7. The number of hydrogen-bond donors (Lipinski definition) is 0. The number of benzene rings is 8. The van der Waals surface area contributed by atoms with Crippen LogP contribution in [-0.2, 0) is 0 Å². The number of nitrogens with zero attached hydrogens (tertiary/aromatic N) is 3. The van der Waals surface area contributed by atoms with Crippen LogP contribution in [-0.4, -0.2) is 14.5 Å². The second-order valence-corrected chi connectivity index (χ2v) is 13.7. The van der Waals surface area contributed by atoms with E-state index in [1.54, 1.807) is 0 Å². The molecule has 0 radical (unpaired) electrons. The molecule has 252 valence electrons. The molecule has 4 nitrogen and oxygen atoms in total. The first kappa shape index (κ1) is 30.3. The van der Waals surface area contributed by atoms with E-state index in [4.69, 9.17) is 9.40 Å². The maximum Gasteiger partial charge on any atom is 0.145 e. The summed E-state index contributed by atoms with van der Waals surface area (Å²) in [4.78, 5) is 9.72. The van der Waals surface area contributed by atoms with Gasteiger partial charge in [-0.1, -0.05) is 127 Å². The van der Waals surface area contributed by atoms with Gasteiger partial charge in [0.1, 0.15) is 17.0 Å². The molecule has 0 unspecified atom stereocenters. The Hall–Kier alpha value is -7.30. The Kier molecular flexibility index (Phi) is 6.82. The number of pyridine rings is 1. The third kappa shape index (κ3) is 4.70. The van der Waals surface area contributed by atoms with Crippen LogP contribution < -0.4 is 0 Å². The zero-order valence-electron chi connectivity index (χ0n) is 29.1. The van der Waals surface area contributed by atoms with Crippen molar-refractivity contribution in [2.45, 2.75) is 0 Å². The summed E-state index contributed by atoms with van der Waals surface area (Å²) in [5, 5.41) is 6.93. The fourth-order valence-corrected chi connectivity index (χ4v) is 8.26. The van der Waals surface area contributed by atoms with E-state index in [1.165, 1.54) is 32.7 Å². The molecule has 0 saturated heterocycles. The highest BCUT2D eigenvalue weighted by molar-refractivity contribution is 6.24. The predicted molar refractivity (Wildman–Crippen MR) is 223 cm³/mol. The van der Waals surface area contributed by atoms with Gasteiger partial charge in [0.25, 0.3) is 0 Å². The summed E-state index contributed by atoms with van der Waals surface area (Å²) in [7, 11) is 0. The molecule has 0 atom stereocenters. The molecule has 0 aliphatic rings. The molecular formula is C50H31N3O. The number of furan rings is 1. The van der Waals surface area contributed by atoms with Gasteiger partial charge in [-0.3, -0.25) is 9.55 Å². The number of fused-ring (bicyclic) bond motifs is 6. The van der Waals surface area contributed by atoms with Crippen molar-refractivity contribution in [1.82, 2.24) is 14.5 Å². The van der Waals surface area contributed by atoms with Gasteiger partial charge in [0, 0.05) is 44.9 Å². The number of imidazole rings is 1. The maximum atomic E-state index is 6.73. The van der Waals surface area contributed by atoms with E-state index >= 15 is 0 Å². The van der Waals surface area contributed by atoms with Crippen LogP contribution in [0.5, 0.6) is 0 Å². The first-order valence-corrected chi connectivity index (χ1v) is 18.2. The Balaban J connectivity index is 1.10. The van der Waals surface area contributed by atoms with Gasteiger partial charge in [-0.15, -0.1) is 0 Å². The Labute approximate surface area is 311 Å². The molecule has 0 aliphatic carbocycles. The van der Waals surface area contributed by atoms with Crippen LogP contribution >= 0.6 is 0 Å². The van der Waals surface area contributed by atoms with E-state index in [0.29, 0.717) is 0 Å². The molecule has 0 spiro atoms. The number of para-hydroxylation sites is 4. The summed E-state index contributed by atoms with van der Waals surface area (Å²) in [6, 6.07) is 64.2. The zero-order chi connectivity index (χ0) is 35.6. The van der Waals surface area contributed by atoms with Crippen LogP contribution in [0.3, 0.4) is 0 Å². The van der Waals surface area contributed by atoms with Crippen molar-refractivity contribution >= 4 is 54.5 Å². The molecule has 0 fully saturated rings. The largest absolute Gasteiger partial charge is 0.455 e. The van der Waals surface area contributed by atoms with Gasteiger partial charge in [-0.2, -0.15) is 0 Å². The second kappa shape index (κ2) is 12.1. The van der Waals surface area contributed by atoms with Crippen LogP contribution in [0.15, 0.2) is 193 Å².